The average molecular weight is 1050 g/mol. The summed E-state index contributed by atoms with van der Waals surface area (Å²) < 4.78 is 1.04. The van der Waals surface area contributed by atoms with Crippen LogP contribution >= 0.6 is 38.6 Å². The van der Waals surface area contributed by atoms with E-state index in [4.69, 9.17) is 0 Å². The number of carbonyl (C=O) groups excluding carboxylic acids is 2. The van der Waals surface area contributed by atoms with Crippen molar-refractivity contribution in [2.45, 2.75) is 285 Å². The van der Waals surface area contributed by atoms with Crippen LogP contribution in [0.4, 0.5) is 0 Å². The molecule has 7 heteroatoms. The number of halogens is 1. The number of amides is 2. The van der Waals surface area contributed by atoms with Crippen molar-refractivity contribution in [3.8, 4) is 0 Å². The van der Waals surface area contributed by atoms with Crippen molar-refractivity contribution in [2.75, 3.05) is 13.1 Å². The van der Waals surface area contributed by atoms with Crippen LogP contribution in [0.5, 0.6) is 0 Å². The fraction of sp³-hybridized carbons (Fsp3) is 0.774. The summed E-state index contributed by atoms with van der Waals surface area (Å²) in [7, 11) is 0. The first-order valence-corrected chi connectivity index (χ1v) is 32.4. The maximum atomic E-state index is 15.4. The van der Waals surface area contributed by atoms with Crippen molar-refractivity contribution in [3.05, 3.63) is 54.3 Å². The molecule has 2 aliphatic heterocycles. The highest BCUT2D eigenvalue weighted by atomic mass is 79.9. The van der Waals surface area contributed by atoms with Gasteiger partial charge in [-0.1, -0.05) is 265 Å². The van der Waals surface area contributed by atoms with Crippen LogP contribution in [-0.2, 0) is 9.59 Å². The van der Waals surface area contributed by atoms with Gasteiger partial charge in [0.15, 0.2) is 0 Å². The Morgan fingerprint density at radius 3 is 0.986 bits per heavy atom. The lowest BCUT2D eigenvalue weighted by Crippen LogP contribution is -2.34. The molecule has 4 nitrogen and oxygen atoms in total. The lowest BCUT2D eigenvalue weighted by Gasteiger charge is -2.29. The van der Waals surface area contributed by atoms with Crippen LogP contribution in [0.25, 0.3) is 11.4 Å². The van der Waals surface area contributed by atoms with E-state index in [0.717, 1.165) is 50.6 Å². The van der Waals surface area contributed by atoms with Crippen molar-refractivity contribution >= 4 is 61.8 Å². The zero-order valence-corrected chi connectivity index (χ0v) is 48.4. The van der Waals surface area contributed by atoms with Gasteiger partial charge in [-0.05, 0) is 77.0 Å². The second kappa shape index (κ2) is 38.0. The van der Waals surface area contributed by atoms with Crippen LogP contribution in [0.1, 0.15) is 294 Å². The number of carbonyl (C=O) groups is 2. The first kappa shape index (κ1) is 59.9. The molecule has 0 saturated heterocycles. The third kappa shape index (κ3) is 22.5. The molecule has 2 atom stereocenters. The predicted molar refractivity (Wildman–Crippen MR) is 308 cm³/mol. The Kier molecular flexibility index (Phi) is 32.9. The molecule has 0 radical (unpaired) electrons. The minimum Gasteiger partial charge on any atom is -0.306 e. The number of nitrogens with zero attached hydrogens (tertiary/aromatic N) is 2. The van der Waals surface area contributed by atoms with E-state index in [1.807, 2.05) is 0 Å². The van der Waals surface area contributed by atoms with Crippen molar-refractivity contribution in [1.29, 1.82) is 0 Å². The monoisotopic (exact) mass is 1050 g/mol. The Bertz CT molecular complexity index is 1690. The third-order valence-corrected chi connectivity index (χ3v) is 18.0. The van der Waals surface area contributed by atoms with Crippen molar-refractivity contribution in [3.63, 3.8) is 0 Å². The third-order valence-electron chi connectivity index (χ3n) is 15.5. The minimum atomic E-state index is 0.0575. The molecule has 0 aliphatic carbocycles. The molecule has 2 aromatic rings. The molecule has 0 aromatic carbocycles. The topological polar surface area (TPSA) is 40.6 Å². The van der Waals surface area contributed by atoms with Gasteiger partial charge in [-0.3, -0.25) is 9.59 Å². The van der Waals surface area contributed by atoms with E-state index in [1.54, 1.807) is 22.7 Å². The summed E-state index contributed by atoms with van der Waals surface area (Å²) in [5, 5.41) is 2.12. The SMILES string of the molecule is CCCCCCCCCCCCC(CCCCCCCCCC)CN1C(=O)C2=C(c3ccc(Br)s3)N(CC(CCCCCCCCCC)CCCCCCCCCCCC)C(=O)C2=C1c1cccs1. The van der Waals surface area contributed by atoms with Gasteiger partial charge < -0.3 is 9.80 Å². The lowest BCUT2D eigenvalue weighted by molar-refractivity contribution is -0.124. The quantitative estimate of drug-likeness (QED) is 0.0620. The Morgan fingerprint density at radius 2 is 0.710 bits per heavy atom. The predicted octanol–water partition coefficient (Wildman–Crippen LogP) is 21.3. The summed E-state index contributed by atoms with van der Waals surface area (Å²) in [4.78, 5) is 37.1. The van der Waals surface area contributed by atoms with E-state index >= 15 is 9.59 Å². The van der Waals surface area contributed by atoms with Gasteiger partial charge in [0, 0.05) is 13.1 Å². The molecule has 0 fully saturated rings. The highest BCUT2D eigenvalue weighted by Crippen LogP contribution is 2.49. The number of rotatable bonds is 46. The molecule has 4 rings (SSSR count). The second-order valence-electron chi connectivity index (χ2n) is 21.6. The highest BCUT2D eigenvalue weighted by molar-refractivity contribution is 9.11. The summed E-state index contributed by atoms with van der Waals surface area (Å²) in [5.41, 5.74) is 3.12. The standard InChI is InChI=1S/C62H103BrN2O2S2/c1-5-9-13-17-21-25-27-31-35-39-43-52(42-37-33-29-23-19-15-11-7-3)50-64-59(54-46-41-49-68-54)57-58(62(64)67)60(55-47-48-56(63)69-55)65(61(57)66)51-53(44-38-34-30-24-20-16-12-8-4)45-40-36-32-28-26-22-18-14-10-6-2/h41,46-49,52-53H,5-40,42-45,50-51H2,1-4H3. The van der Waals surface area contributed by atoms with Crippen LogP contribution in [0.15, 0.2) is 44.6 Å². The molecular weight excluding hydrogens is 949 g/mol. The van der Waals surface area contributed by atoms with E-state index in [0.29, 0.717) is 36.1 Å². The smallest absolute Gasteiger partial charge is 0.261 e. The van der Waals surface area contributed by atoms with Crippen LogP contribution in [0.2, 0.25) is 0 Å². The maximum Gasteiger partial charge on any atom is 0.261 e. The summed E-state index contributed by atoms with van der Waals surface area (Å²) in [6, 6.07) is 8.50. The van der Waals surface area contributed by atoms with E-state index in [2.05, 4.69) is 83.1 Å². The molecule has 4 heterocycles. The average Bonchev–Trinajstić information content (AvgIpc) is 4.15. The van der Waals surface area contributed by atoms with Gasteiger partial charge in [0.05, 0.1) is 36.1 Å². The van der Waals surface area contributed by atoms with E-state index in [1.165, 1.54) is 231 Å². The fourth-order valence-corrected chi connectivity index (χ4v) is 13.5. The molecule has 0 saturated carbocycles. The van der Waals surface area contributed by atoms with Gasteiger partial charge in [-0.25, -0.2) is 0 Å². The Balaban J connectivity index is 1.54. The van der Waals surface area contributed by atoms with Gasteiger partial charge in [0.1, 0.15) is 0 Å². The Morgan fingerprint density at radius 1 is 0.406 bits per heavy atom. The molecule has 2 aliphatic rings. The number of unbranched alkanes of at least 4 members (excludes halogenated alkanes) is 32. The lowest BCUT2D eigenvalue weighted by atomic mass is 9.93. The summed E-state index contributed by atoms with van der Waals surface area (Å²) in [5.74, 6) is 0.972. The van der Waals surface area contributed by atoms with Crippen LogP contribution in [-0.4, -0.2) is 34.7 Å². The van der Waals surface area contributed by atoms with Crippen LogP contribution in [0.3, 0.4) is 0 Å². The summed E-state index contributed by atoms with van der Waals surface area (Å²) >= 11 is 7.13. The van der Waals surface area contributed by atoms with Gasteiger partial charge >= 0.3 is 0 Å². The van der Waals surface area contributed by atoms with Crippen molar-refractivity contribution in [1.82, 2.24) is 9.80 Å². The van der Waals surface area contributed by atoms with E-state index < -0.39 is 0 Å². The van der Waals surface area contributed by atoms with E-state index in [-0.39, 0.29) is 11.8 Å². The van der Waals surface area contributed by atoms with Gasteiger partial charge in [0.25, 0.3) is 11.8 Å². The van der Waals surface area contributed by atoms with Gasteiger partial charge in [0.2, 0.25) is 0 Å². The number of hydrogen-bond acceptors (Lipinski definition) is 4. The molecule has 2 amide bonds. The highest BCUT2D eigenvalue weighted by Gasteiger charge is 2.50. The molecule has 0 spiro atoms. The molecule has 0 bridgehead atoms. The first-order chi connectivity index (χ1) is 33.9. The Labute approximate surface area is 442 Å². The molecule has 0 N–H and O–H groups in total. The number of hydrogen-bond donors (Lipinski definition) is 0. The number of fused-ring (bicyclic) bond motifs is 1. The second-order valence-corrected chi connectivity index (χ2v) is 25.0. The summed E-state index contributed by atoms with van der Waals surface area (Å²) in [6.45, 7) is 10.6. The first-order valence-electron chi connectivity index (χ1n) is 29.9. The molecule has 69 heavy (non-hydrogen) atoms. The van der Waals surface area contributed by atoms with Crippen molar-refractivity contribution in [2.24, 2.45) is 11.8 Å². The summed E-state index contributed by atoms with van der Waals surface area (Å²) in [6.07, 6.45) is 52.5. The van der Waals surface area contributed by atoms with Crippen molar-refractivity contribution < 1.29 is 9.59 Å². The normalized spacial score (nSPS) is 14.9. The van der Waals surface area contributed by atoms with Crippen LogP contribution in [0, 0.1) is 11.8 Å². The van der Waals surface area contributed by atoms with Gasteiger partial charge in [-0.15, -0.1) is 22.7 Å². The zero-order chi connectivity index (χ0) is 49.2. The largest absolute Gasteiger partial charge is 0.306 e. The van der Waals surface area contributed by atoms with E-state index in [9.17, 15) is 0 Å². The zero-order valence-electron chi connectivity index (χ0n) is 45.1. The fourth-order valence-electron chi connectivity index (χ4n) is 11.3. The molecule has 2 aromatic heterocycles. The Hall–Kier alpha value is -1.70. The molecule has 2 unspecified atom stereocenters. The molecular formula is C62H103BrN2O2S2. The number of thiophene rings is 2. The maximum absolute atomic E-state index is 15.4. The molecule has 392 valence electrons. The van der Waals surface area contributed by atoms with Crippen LogP contribution < -0.4 is 0 Å². The van der Waals surface area contributed by atoms with Gasteiger partial charge in [-0.2, -0.15) is 0 Å². The minimum absolute atomic E-state index is 0.0575.